The predicted molar refractivity (Wildman–Crippen MR) is 55.4 cm³/mol. The summed E-state index contributed by atoms with van der Waals surface area (Å²) < 4.78 is 4.96. The lowest BCUT2D eigenvalue weighted by molar-refractivity contribution is 0.422. The van der Waals surface area contributed by atoms with Crippen molar-refractivity contribution < 1.29 is 4.52 Å². The molecule has 1 unspecified atom stereocenters. The van der Waals surface area contributed by atoms with Crippen LogP contribution in [0, 0.1) is 6.92 Å². The molecule has 2 aromatic rings. The number of thiophene rings is 1. The van der Waals surface area contributed by atoms with Crippen molar-refractivity contribution in [1.29, 1.82) is 0 Å². The summed E-state index contributed by atoms with van der Waals surface area (Å²) in [5, 5.41) is 11.0. The quantitative estimate of drug-likeness (QED) is 0.844. The zero-order valence-electron chi connectivity index (χ0n) is 8.02. The maximum atomic E-state index is 4.96. The van der Waals surface area contributed by atoms with E-state index in [1.807, 2.05) is 5.38 Å². The second kappa shape index (κ2) is 3.79. The van der Waals surface area contributed by atoms with Crippen LogP contribution in [-0.4, -0.2) is 10.1 Å². The van der Waals surface area contributed by atoms with Crippen molar-refractivity contribution in [3.05, 3.63) is 28.2 Å². The number of aromatic nitrogens is 2. The van der Waals surface area contributed by atoms with E-state index in [-0.39, 0.29) is 6.04 Å². The van der Waals surface area contributed by atoms with Crippen molar-refractivity contribution >= 4 is 17.4 Å². The molecular formula is C9H11N3OS. The molecule has 74 valence electrons. The Bertz CT molecular complexity index is 396. The van der Waals surface area contributed by atoms with Crippen molar-refractivity contribution in [1.82, 2.24) is 10.1 Å². The SMILES string of the molecule is Cc1noc(NC(C)c2ccsc2)n1. The lowest BCUT2D eigenvalue weighted by atomic mass is 10.2. The third kappa shape index (κ3) is 1.93. The van der Waals surface area contributed by atoms with Gasteiger partial charge in [0, 0.05) is 0 Å². The fraction of sp³-hybridized carbons (Fsp3) is 0.333. The van der Waals surface area contributed by atoms with E-state index in [1.54, 1.807) is 18.3 Å². The van der Waals surface area contributed by atoms with Crippen LogP contribution in [0.3, 0.4) is 0 Å². The molecule has 0 radical (unpaired) electrons. The highest BCUT2D eigenvalue weighted by molar-refractivity contribution is 7.07. The van der Waals surface area contributed by atoms with Crippen LogP contribution in [0.15, 0.2) is 21.3 Å². The van der Waals surface area contributed by atoms with E-state index in [0.29, 0.717) is 11.8 Å². The monoisotopic (exact) mass is 209 g/mol. The Morgan fingerprint density at radius 3 is 3.00 bits per heavy atom. The first kappa shape index (κ1) is 9.21. The summed E-state index contributed by atoms with van der Waals surface area (Å²) >= 11 is 1.68. The normalized spacial score (nSPS) is 12.7. The molecule has 0 aromatic carbocycles. The molecule has 0 saturated heterocycles. The van der Waals surface area contributed by atoms with Gasteiger partial charge in [-0.05, 0) is 36.2 Å². The van der Waals surface area contributed by atoms with Gasteiger partial charge in [-0.25, -0.2) is 0 Å². The molecule has 1 atom stereocenters. The van der Waals surface area contributed by atoms with Gasteiger partial charge in [-0.15, -0.1) is 0 Å². The van der Waals surface area contributed by atoms with Gasteiger partial charge >= 0.3 is 6.01 Å². The topological polar surface area (TPSA) is 51.0 Å². The highest BCUT2D eigenvalue weighted by Gasteiger charge is 2.09. The van der Waals surface area contributed by atoms with Crippen LogP contribution in [0.1, 0.15) is 24.4 Å². The molecule has 1 N–H and O–H groups in total. The Morgan fingerprint density at radius 2 is 2.43 bits per heavy atom. The molecule has 0 bridgehead atoms. The average molecular weight is 209 g/mol. The Kier molecular flexibility index (Phi) is 2.49. The van der Waals surface area contributed by atoms with E-state index >= 15 is 0 Å². The van der Waals surface area contributed by atoms with Crippen LogP contribution in [0.4, 0.5) is 6.01 Å². The van der Waals surface area contributed by atoms with Gasteiger partial charge in [0.15, 0.2) is 5.82 Å². The zero-order valence-corrected chi connectivity index (χ0v) is 8.84. The third-order valence-electron chi connectivity index (χ3n) is 1.91. The smallest absolute Gasteiger partial charge is 0.321 e. The fourth-order valence-corrected chi connectivity index (χ4v) is 1.90. The molecule has 0 aliphatic heterocycles. The second-order valence-electron chi connectivity index (χ2n) is 3.07. The summed E-state index contributed by atoms with van der Waals surface area (Å²) in [4.78, 5) is 4.08. The minimum absolute atomic E-state index is 0.195. The third-order valence-corrected chi connectivity index (χ3v) is 2.61. The summed E-state index contributed by atoms with van der Waals surface area (Å²) in [5.41, 5.74) is 1.23. The first-order valence-corrected chi connectivity index (χ1v) is 5.29. The first-order valence-electron chi connectivity index (χ1n) is 4.34. The van der Waals surface area contributed by atoms with Gasteiger partial charge in [0.25, 0.3) is 0 Å². The Balaban J connectivity index is 2.05. The Hall–Kier alpha value is -1.36. The summed E-state index contributed by atoms with van der Waals surface area (Å²) in [6.07, 6.45) is 0. The lowest BCUT2D eigenvalue weighted by Gasteiger charge is -2.08. The molecule has 14 heavy (non-hydrogen) atoms. The Morgan fingerprint density at radius 1 is 1.57 bits per heavy atom. The van der Waals surface area contributed by atoms with Crippen LogP contribution in [0.5, 0.6) is 0 Å². The van der Waals surface area contributed by atoms with Gasteiger partial charge in [-0.1, -0.05) is 5.16 Å². The molecule has 0 amide bonds. The van der Waals surface area contributed by atoms with Gasteiger partial charge in [0.05, 0.1) is 6.04 Å². The number of nitrogens with one attached hydrogen (secondary N) is 1. The summed E-state index contributed by atoms with van der Waals surface area (Å²) in [7, 11) is 0. The highest BCUT2D eigenvalue weighted by Crippen LogP contribution is 2.19. The van der Waals surface area contributed by atoms with Crippen molar-refractivity contribution in [3.8, 4) is 0 Å². The number of anilines is 1. The van der Waals surface area contributed by atoms with Crippen molar-refractivity contribution in [2.75, 3.05) is 5.32 Å². The van der Waals surface area contributed by atoms with E-state index in [9.17, 15) is 0 Å². The molecule has 2 heterocycles. The lowest BCUT2D eigenvalue weighted by Crippen LogP contribution is -2.05. The van der Waals surface area contributed by atoms with Crippen molar-refractivity contribution in [2.45, 2.75) is 19.9 Å². The van der Waals surface area contributed by atoms with Crippen LogP contribution in [0.2, 0.25) is 0 Å². The number of hydrogen-bond donors (Lipinski definition) is 1. The molecule has 0 saturated carbocycles. The summed E-state index contributed by atoms with van der Waals surface area (Å²) in [6, 6.07) is 2.74. The molecule has 0 fully saturated rings. The predicted octanol–water partition coefficient (Wildman–Crippen LogP) is 2.61. The number of aryl methyl sites for hydroxylation is 1. The molecule has 0 aliphatic rings. The van der Waals surface area contributed by atoms with E-state index in [0.717, 1.165) is 0 Å². The number of rotatable bonds is 3. The van der Waals surface area contributed by atoms with E-state index in [2.05, 4.69) is 33.8 Å². The number of hydrogen-bond acceptors (Lipinski definition) is 5. The van der Waals surface area contributed by atoms with E-state index < -0.39 is 0 Å². The van der Waals surface area contributed by atoms with E-state index in [1.165, 1.54) is 5.56 Å². The van der Waals surface area contributed by atoms with Crippen LogP contribution in [0.25, 0.3) is 0 Å². The Labute approximate surface area is 86.0 Å². The second-order valence-corrected chi connectivity index (χ2v) is 3.85. The molecule has 2 aromatic heterocycles. The molecule has 0 aliphatic carbocycles. The van der Waals surface area contributed by atoms with Crippen molar-refractivity contribution in [3.63, 3.8) is 0 Å². The fourth-order valence-electron chi connectivity index (χ4n) is 1.15. The van der Waals surface area contributed by atoms with Gasteiger partial charge in [-0.2, -0.15) is 16.3 Å². The zero-order chi connectivity index (χ0) is 9.97. The van der Waals surface area contributed by atoms with Gasteiger partial charge in [0.1, 0.15) is 0 Å². The minimum atomic E-state index is 0.195. The standard InChI is InChI=1S/C9H11N3OS/c1-6(8-3-4-14-5-8)10-9-11-7(2)12-13-9/h3-6H,1-2H3,(H,10,11,12). The molecule has 2 rings (SSSR count). The van der Waals surface area contributed by atoms with Crippen LogP contribution >= 0.6 is 11.3 Å². The highest BCUT2D eigenvalue weighted by atomic mass is 32.1. The average Bonchev–Trinajstić information content (AvgIpc) is 2.75. The van der Waals surface area contributed by atoms with Gasteiger partial charge in [0.2, 0.25) is 0 Å². The summed E-state index contributed by atoms with van der Waals surface area (Å²) in [5.74, 6) is 0.644. The first-order chi connectivity index (χ1) is 6.75. The molecule has 4 nitrogen and oxygen atoms in total. The molecule has 5 heteroatoms. The largest absolute Gasteiger partial charge is 0.331 e. The minimum Gasteiger partial charge on any atom is -0.331 e. The van der Waals surface area contributed by atoms with Crippen LogP contribution in [-0.2, 0) is 0 Å². The van der Waals surface area contributed by atoms with Gasteiger partial charge in [-0.3, -0.25) is 0 Å². The van der Waals surface area contributed by atoms with E-state index in [4.69, 9.17) is 4.52 Å². The van der Waals surface area contributed by atoms with Crippen molar-refractivity contribution in [2.24, 2.45) is 0 Å². The van der Waals surface area contributed by atoms with Gasteiger partial charge < -0.3 is 9.84 Å². The number of nitrogens with zero attached hydrogens (tertiary/aromatic N) is 2. The van der Waals surface area contributed by atoms with Crippen LogP contribution < -0.4 is 5.32 Å². The maximum absolute atomic E-state index is 4.96. The summed E-state index contributed by atoms with van der Waals surface area (Å²) in [6.45, 7) is 3.85. The molecule has 0 spiro atoms. The molecular weight excluding hydrogens is 198 g/mol. The maximum Gasteiger partial charge on any atom is 0.321 e.